The van der Waals surface area contributed by atoms with Crippen molar-refractivity contribution in [2.24, 2.45) is 5.73 Å². The number of hydrogen-bond donors (Lipinski definition) is 2. The minimum absolute atomic E-state index is 0.0486. The van der Waals surface area contributed by atoms with Crippen LogP contribution in [-0.4, -0.2) is 27.2 Å². The van der Waals surface area contributed by atoms with E-state index < -0.39 is 0 Å². The number of aromatic nitrogens is 4. The fourth-order valence-electron chi connectivity index (χ4n) is 1.51. The van der Waals surface area contributed by atoms with Gasteiger partial charge in [0.2, 0.25) is 0 Å². The van der Waals surface area contributed by atoms with Crippen LogP contribution in [0.15, 0.2) is 0 Å². The second-order valence-corrected chi connectivity index (χ2v) is 3.07. The molecule has 0 spiro atoms. The van der Waals surface area contributed by atoms with Crippen LogP contribution in [0.3, 0.4) is 0 Å². The summed E-state index contributed by atoms with van der Waals surface area (Å²) in [6, 6.07) is 0. The van der Waals surface area contributed by atoms with Crippen LogP contribution in [0.4, 0.5) is 0 Å². The molecule has 1 aliphatic rings. The summed E-state index contributed by atoms with van der Waals surface area (Å²) in [5.74, 6) is 0.784. The Balaban J connectivity index is 2.25. The maximum atomic E-state index is 5.64. The lowest BCUT2D eigenvalue weighted by Gasteiger charge is -2.37. The third-order valence-corrected chi connectivity index (χ3v) is 2.52. The van der Waals surface area contributed by atoms with Crippen molar-refractivity contribution >= 4 is 0 Å². The lowest BCUT2D eigenvalue weighted by molar-refractivity contribution is 0.238. The molecule has 0 radical (unpaired) electrons. The number of nitrogens with one attached hydrogen (secondary N) is 1. The topological polar surface area (TPSA) is 80.5 Å². The van der Waals surface area contributed by atoms with Gasteiger partial charge < -0.3 is 5.73 Å². The molecule has 0 atom stereocenters. The molecule has 5 nitrogen and oxygen atoms in total. The van der Waals surface area contributed by atoms with Gasteiger partial charge >= 0.3 is 0 Å². The van der Waals surface area contributed by atoms with Crippen LogP contribution in [0.5, 0.6) is 0 Å². The quantitative estimate of drug-likeness (QED) is 0.604. The van der Waals surface area contributed by atoms with Crippen LogP contribution in [0.1, 0.15) is 25.1 Å². The second-order valence-electron chi connectivity index (χ2n) is 3.07. The maximum absolute atomic E-state index is 5.64. The molecule has 0 unspecified atom stereocenters. The molecule has 5 heteroatoms. The molecule has 3 N–H and O–H groups in total. The highest BCUT2D eigenvalue weighted by Crippen LogP contribution is 2.40. The van der Waals surface area contributed by atoms with Crippen molar-refractivity contribution in [2.45, 2.75) is 24.7 Å². The molecule has 1 fully saturated rings. The van der Waals surface area contributed by atoms with Crippen molar-refractivity contribution < 1.29 is 0 Å². The van der Waals surface area contributed by atoms with Gasteiger partial charge in [0.1, 0.15) is 0 Å². The zero-order valence-corrected chi connectivity index (χ0v) is 6.25. The van der Waals surface area contributed by atoms with Gasteiger partial charge in [-0.15, -0.1) is 10.2 Å². The molecule has 2 rings (SSSR count). The Hall–Kier alpha value is -0.970. The van der Waals surface area contributed by atoms with Crippen LogP contribution in [0.2, 0.25) is 0 Å². The summed E-state index contributed by atoms with van der Waals surface area (Å²) >= 11 is 0. The first kappa shape index (κ1) is 6.72. The van der Waals surface area contributed by atoms with Crippen molar-refractivity contribution in [3.05, 3.63) is 5.82 Å². The normalized spacial score (nSPS) is 21.2. The van der Waals surface area contributed by atoms with Gasteiger partial charge in [-0.1, -0.05) is 11.6 Å². The Labute approximate surface area is 64.4 Å². The van der Waals surface area contributed by atoms with E-state index in [2.05, 4.69) is 20.6 Å². The van der Waals surface area contributed by atoms with Gasteiger partial charge in [-0.2, -0.15) is 5.21 Å². The first-order valence-corrected chi connectivity index (χ1v) is 3.81. The van der Waals surface area contributed by atoms with Gasteiger partial charge in [-0.3, -0.25) is 0 Å². The predicted octanol–water partition coefficient (Wildman–Crippen LogP) is -0.420. The second kappa shape index (κ2) is 2.27. The van der Waals surface area contributed by atoms with E-state index >= 15 is 0 Å². The monoisotopic (exact) mass is 153 g/mol. The highest BCUT2D eigenvalue weighted by atomic mass is 15.5. The van der Waals surface area contributed by atoms with Gasteiger partial charge in [-0.25, -0.2) is 0 Å². The SMILES string of the molecule is NCC1(c2nn[nH]n2)CCC1. The predicted molar refractivity (Wildman–Crippen MR) is 38.8 cm³/mol. The molecule has 1 aliphatic carbocycles. The smallest absolute Gasteiger partial charge is 0.181 e. The fourth-order valence-corrected chi connectivity index (χ4v) is 1.51. The van der Waals surface area contributed by atoms with Gasteiger partial charge in [0.25, 0.3) is 0 Å². The molecule has 60 valence electrons. The zero-order valence-electron chi connectivity index (χ0n) is 6.25. The molecular formula is C6H11N5. The number of nitrogens with two attached hydrogens (primary N) is 1. The Morgan fingerprint density at radius 3 is 2.73 bits per heavy atom. The van der Waals surface area contributed by atoms with E-state index in [4.69, 9.17) is 5.73 Å². The lowest BCUT2D eigenvalue weighted by Crippen LogP contribution is -2.42. The summed E-state index contributed by atoms with van der Waals surface area (Å²) in [5.41, 5.74) is 5.69. The molecule has 1 aromatic rings. The molecule has 1 aromatic heterocycles. The van der Waals surface area contributed by atoms with E-state index in [0.717, 1.165) is 18.7 Å². The van der Waals surface area contributed by atoms with E-state index in [-0.39, 0.29) is 5.41 Å². The zero-order chi connectivity index (χ0) is 7.73. The number of tetrazole rings is 1. The summed E-state index contributed by atoms with van der Waals surface area (Å²) in [4.78, 5) is 0. The Bertz CT molecular complexity index is 220. The number of hydrogen-bond acceptors (Lipinski definition) is 4. The summed E-state index contributed by atoms with van der Waals surface area (Å²) < 4.78 is 0. The van der Waals surface area contributed by atoms with Crippen molar-refractivity contribution in [3.8, 4) is 0 Å². The summed E-state index contributed by atoms with van der Waals surface area (Å²) in [5, 5.41) is 13.9. The molecular weight excluding hydrogens is 142 g/mol. The highest BCUT2D eigenvalue weighted by Gasteiger charge is 2.40. The molecule has 1 heterocycles. The molecule has 0 aliphatic heterocycles. The maximum Gasteiger partial charge on any atom is 0.181 e. The van der Waals surface area contributed by atoms with E-state index in [1.54, 1.807) is 0 Å². The van der Waals surface area contributed by atoms with E-state index in [9.17, 15) is 0 Å². The molecule has 1 saturated carbocycles. The summed E-state index contributed by atoms with van der Waals surface area (Å²) in [6.45, 7) is 0.631. The fraction of sp³-hybridized carbons (Fsp3) is 0.833. The van der Waals surface area contributed by atoms with Crippen molar-refractivity contribution in [1.29, 1.82) is 0 Å². The third kappa shape index (κ3) is 0.841. The Morgan fingerprint density at radius 2 is 2.36 bits per heavy atom. The highest BCUT2D eigenvalue weighted by molar-refractivity contribution is 5.11. The average molecular weight is 153 g/mol. The largest absolute Gasteiger partial charge is 0.329 e. The van der Waals surface area contributed by atoms with Crippen LogP contribution < -0.4 is 5.73 Å². The van der Waals surface area contributed by atoms with Crippen LogP contribution >= 0.6 is 0 Å². The van der Waals surface area contributed by atoms with Crippen molar-refractivity contribution in [2.75, 3.05) is 6.54 Å². The molecule has 0 saturated heterocycles. The minimum Gasteiger partial charge on any atom is -0.329 e. The lowest BCUT2D eigenvalue weighted by atomic mass is 9.68. The average Bonchev–Trinajstić information content (AvgIpc) is 2.39. The number of H-pyrrole nitrogens is 1. The standard InChI is InChI=1S/C6H11N5/c7-4-6(2-1-3-6)5-8-10-11-9-5/h1-4,7H2,(H,8,9,10,11). The number of nitrogens with zero attached hydrogens (tertiary/aromatic N) is 3. The molecule has 11 heavy (non-hydrogen) atoms. The molecule has 0 aromatic carbocycles. The Kier molecular flexibility index (Phi) is 1.38. The van der Waals surface area contributed by atoms with Crippen molar-refractivity contribution in [3.63, 3.8) is 0 Å². The Morgan fingerprint density at radius 1 is 1.55 bits per heavy atom. The number of aromatic amines is 1. The van der Waals surface area contributed by atoms with Crippen LogP contribution in [-0.2, 0) is 5.41 Å². The van der Waals surface area contributed by atoms with Gasteiger partial charge in [0, 0.05) is 12.0 Å². The summed E-state index contributed by atoms with van der Waals surface area (Å²) in [7, 11) is 0. The first-order chi connectivity index (χ1) is 5.37. The van der Waals surface area contributed by atoms with E-state index in [0.29, 0.717) is 6.54 Å². The van der Waals surface area contributed by atoms with Crippen LogP contribution in [0.25, 0.3) is 0 Å². The summed E-state index contributed by atoms with van der Waals surface area (Å²) in [6.07, 6.45) is 3.43. The van der Waals surface area contributed by atoms with E-state index in [1.165, 1.54) is 6.42 Å². The van der Waals surface area contributed by atoms with Gasteiger partial charge in [-0.05, 0) is 12.8 Å². The van der Waals surface area contributed by atoms with Gasteiger partial charge in [0.05, 0.1) is 0 Å². The van der Waals surface area contributed by atoms with Gasteiger partial charge in [0.15, 0.2) is 5.82 Å². The van der Waals surface area contributed by atoms with Crippen molar-refractivity contribution in [1.82, 2.24) is 20.6 Å². The van der Waals surface area contributed by atoms with E-state index in [1.807, 2.05) is 0 Å². The third-order valence-electron chi connectivity index (χ3n) is 2.52. The first-order valence-electron chi connectivity index (χ1n) is 3.81. The molecule has 0 amide bonds. The van der Waals surface area contributed by atoms with Crippen LogP contribution in [0, 0.1) is 0 Å². The number of rotatable bonds is 2. The minimum atomic E-state index is 0.0486. The molecule has 0 bridgehead atoms.